The molecule has 1 aromatic heterocycles. The van der Waals surface area contributed by atoms with Crippen LogP contribution in [-0.2, 0) is 11.3 Å². The highest BCUT2D eigenvalue weighted by atomic mass is 16.5. The van der Waals surface area contributed by atoms with Crippen molar-refractivity contribution in [2.75, 3.05) is 26.2 Å². The third-order valence-electron chi connectivity index (χ3n) is 3.44. The van der Waals surface area contributed by atoms with E-state index in [1.807, 2.05) is 6.07 Å². The Labute approximate surface area is 125 Å². The van der Waals surface area contributed by atoms with Crippen LogP contribution in [0.1, 0.15) is 26.0 Å². The summed E-state index contributed by atoms with van der Waals surface area (Å²) in [6, 6.07) is 3.48. The van der Waals surface area contributed by atoms with Crippen LogP contribution in [0.2, 0.25) is 0 Å². The number of ether oxygens (including phenoxy) is 1. The van der Waals surface area contributed by atoms with Gasteiger partial charge in [-0.15, -0.1) is 0 Å². The number of carbonyl (C=O) groups excluding carboxylic acids is 1. The number of nitrogens with zero attached hydrogens (tertiary/aromatic N) is 1. The third-order valence-corrected chi connectivity index (χ3v) is 3.44. The molecule has 1 fully saturated rings. The van der Waals surface area contributed by atoms with Crippen LogP contribution in [0.4, 0.5) is 4.79 Å². The van der Waals surface area contributed by atoms with Gasteiger partial charge >= 0.3 is 6.03 Å². The summed E-state index contributed by atoms with van der Waals surface area (Å²) < 4.78 is 10.8. The molecule has 0 spiro atoms. The first-order valence-corrected chi connectivity index (χ1v) is 7.55. The Morgan fingerprint density at radius 1 is 1.33 bits per heavy atom. The van der Waals surface area contributed by atoms with Gasteiger partial charge in [0.2, 0.25) is 0 Å². The van der Waals surface area contributed by atoms with E-state index in [4.69, 9.17) is 9.15 Å². The highest BCUT2D eigenvalue weighted by Gasteiger charge is 2.21. The van der Waals surface area contributed by atoms with Gasteiger partial charge in [0.15, 0.2) is 0 Å². The fourth-order valence-electron chi connectivity index (χ4n) is 2.61. The Kier molecular flexibility index (Phi) is 6.07. The van der Waals surface area contributed by atoms with Crippen molar-refractivity contribution in [1.29, 1.82) is 0 Å². The van der Waals surface area contributed by atoms with E-state index in [1.54, 1.807) is 12.3 Å². The molecule has 0 radical (unpaired) electrons. The molecule has 0 saturated carbocycles. The predicted molar refractivity (Wildman–Crippen MR) is 80.0 cm³/mol. The average Bonchev–Trinajstić information content (AvgIpc) is 2.93. The molecule has 0 unspecified atom stereocenters. The molecule has 1 saturated heterocycles. The lowest BCUT2D eigenvalue weighted by atomic mass is 10.2. The molecule has 1 aromatic rings. The number of hydrogen-bond donors (Lipinski definition) is 2. The fraction of sp³-hybridized carbons (Fsp3) is 0.667. The SMILES string of the molecule is C[C@@H]1CN(CCCNC(=O)NCc2ccco2)C[C@@H](C)O1. The molecule has 0 aliphatic carbocycles. The number of rotatable bonds is 6. The van der Waals surface area contributed by atoms with Crippen LogP contribution in [0.5, 0.6) is 0 Å². The molecule has 2 amide bonds. The lowest BCUT2D eigenvalue weighted by molar-refractivity contribution is -0.0679. The van der Waals surface area contributed by atoms with Gasteiger partial charge in [-0.05, 0) is 32.4 Å². The Bertz CT molecular complexity index is 412. The summed E-state index contributed by atoms with van der Waals surface area (Å²) >= 11 is 0. The second-order valence-electron chi connectivity index (χ2n) is 5.56. The van der Waals surface area contributed by atoms with E-state index < -0.39 is 0 Å². The molecule has 0 aromatic carbocycles. The summed E-state index contributed by atoms with van der Waals surface area (Å²) in [6.07, 6.45) is 3.11. The lowest BCUT2D eigenvalue weighted by Crippen LogP contribution is -2.46. The molecule has 1 aliphatic heterocycles. The van der Waals surface area contributed by atoms with Crippen molar-refractivity contribution in [2.45, 2.75) is 39.0 Å². The second-order valence-corrected chi connectivity index (χ2v) is 5.56. The summed E-state index contributed by atoms with van der Waals surface area (Å²) in [5.41, 5.74) is 0. The normalized spacial score (nSPS) is 23.0. The van der Waals surface area contributed by atoms with Crippen molar-refractivity contribution < 1.29 is 13.9 Å². The zero-order valence-corrected chi connectivity index (χ0v) is 12.8. The van der Waals surface area contributed by atoms with Gasteiger partial charge in [-0.1, -0.05) is 0 Å². The largest absolute Gasteiger partial charge is 0.467 e. The van der Waals surface area contributed by atoms with Gasteiger partial charge in [0.25, 0.3) is 0 Å². The van der Waals surface area contributed by atoms with E-state index in [0.29, 0.717) is 25.3 Å². The highest BCUT2D eigenvalue weighted by molar-refractivity contribution is 5.73. The van der Waals surface area contributed by atoms with Crippen LogP contribution >= 0.6 is 0 Å². The quantitative estimate of drug-likeness (QED) is 0.782. The molecule has 2 atom stereocenters. The molecule has 2 N–H and O–H groups in total. The summed E-state index contributed by atoms with van der Waals surface area (Å²) in [5.74, 6) is 0.751. The first-order chi connectivity index (χ1) is 10.1. The van der Waals surface area contributed by atoms with E-state index >= 15 is 0 Å². The topological polar surface area (TPSA) is 66.7 Å². The minimum absolute atomic E-state index is 0.157. The van der Waals surface area contributed by atoms with Gasteiger partial charge in [-0.25, -0.2) is 4.79 Å². The third kappa shape index (κ3) is 5.77. The van der Waals surface area contributed by atoms with Crippen molar-refractivity contribution >= 4 is 6.03 Å². The molecule has 6 heteroatoms. The number of nitrogens with one attached hydrogen (secondary N) is 2. The fourth-order valence-corrected chi connectivity index (χ4v) is 2.61. The molecule has 2 rings (SSSR count). The van der Waals surface area contributed by atoms with Gasteiger partial charge in [0.1, 0.15) is 5.76 Å². The number of furan rings is 1. The molecule has 118 valence electrons. The number of hydrogen-bond acceptors (Lipinski definition) is 4. The monoisotopic (exact) mass is 295 g/mol. The van der Waals surface area contributed by atoms with Gasteiger partial charge < -0.3 is 19.8 Å². The maximum absolute atomic E-state index is 11.6. The number of morpholine rings is 1. The Morgan fingerprint density at radius 2 is 2.10 bits per heavy atom. The minimum atomic E-state index is -0.157. The Hall–Kier alpha value is -1.53. The van der Waals surface area contributed by atoms with Gasteiger partial charge in [0.05, 0.1) is 25.0 Å². The van der Waals surface area contributed by atoms with Crippen molar-refractivity contribution in [3.63, 3.8) is 0 Å². The standard InChI is InChI=1S/C15H25N3O3/c1-12-10-18(11-13(2)21-12)7-4-6-16-15(19)17-9-14-5-3-8-20-14/h3,5,8,12-13H,4,6-7,9-11H2,1-2H3,(H2,16,17,19)/t12-,13-/m1/s1. The lowest BCUT2D eigenvalue weighted by Gasteiger charge is -2.35. The predicted octanol–water partition coefficient (Wildman–Crippen LogP) is 1.58. The molecule has 0 bridgehead atoms. The van der Waals surface area contributed by atoms with E-state index in [2.05, 4.69) is 29.4 Å². The van der Waals surface area contributed by atoms with Crippen molar-refractivity contribution in [3.8, 4) is 0 Å². The molecule has 6 nitrogen and oxygen atoms in total. The maximum Gasteiger partial charge on any atom is 0.315 e. The summed E-state index contributed by atoms with van der Waals surface area (Å²) in [4.78, 5) is 14.0. The smallest absolute Gasteiger partial charge is 0.315 e. The van der Waals surface area contributed by atoms with Crippen LogP contribution < -0.4 is 10.6 Å². The van der Waals surface area contributed by atoms with Crippen molar-refractivity contribution in [1.82, 2.24) is 15.5 Å². The van der Waals surface area contributed by atoms with E-state index in [9.17, 15) is 4.79 Å². The van der Waals surface area contributed by atoms with Crippen molar-refractivity contribution in [2.24, 2.45) is 0 Å². The molecular weight excluding hydrogens is 270 g/mol. The van der Waals surface area contributed by atoms with Crippen LogP contribution in [0.25, 0.3) is 0 Å². The minimum Gasteiger partial charge on any atom is -0.467 e. The highest BCUT2D eigenvalue weighted by Crippen LogP contribution is 2.10. The van der Waals surface area contributed by atoms with Crippen LogP contribution in [0.3, 0.4) is 0 Å². The second kappa shape index (κ2) is 8.05. The molecule has 21 heavy (non-hydrogen) atoms. The zero-order chi connectivity index (χ0) is 15.1. The first-order valence-electron chi connectivity index (χ1n) is 7.55. The van der Waals surface area contributed by atoms with Crippen LogP contribution in [0, 0.1) is 0 Å². The van der Waals surface area contributed by atoms with E-state index in [0.717, 1.165) is 31.8 Å². The van der Waals surface area contributed by atoms with Gasteiger partial charge in [-0.2, -0.15) is 0 Å². The van der Waals surface area contributed by atoms with Gasteiger partial charge in [0, 0.05) is 26.2 Å². The van der Waals surface area contributed by atoms with E-state index in [1.165, 1.54) is 0 Å². The molecule has 1 aliphatic rings. The maximum atomic E-state index is 11.6. The Balaban J connectivity index is 1.53. The molecular formula is C15H25N3O3. The van der Waals surface area contributed by atoms with Gasteiger partial charge in [-0.3, -0.25) is 4.90 Å². The van der Waals surface area contributed by atoms with Crippen LogP contribution in [0.15, 0.2) is 22.8 Å². The summed E-state index contributed by atoms with van der Waals surface area (Å²) in [5, 5.41) is 5.62. The number of carbonyl (C=O) groups is 1. The zero-order valence-electron chi connectivity index (χ0n) is 12.8. The first kappa shape index (κ1) is 15.9. The van der Waals surface area contributed by atoms with Crippen LogP contribution in [-0.4, -0.2) is 49.3 Å². The summed E-state index contributed by atoms with van der Waals surface area (Å²) in [7, 11) is 0. The number of urea groups is 1. The number of amides is 2. The Morgan fingerprint density at radius 3 is 2.76 bits per heavy atom. The van der Waals surface area contributed by atoms with Crippen molar-refractivity contribution in [3.05, 3.63) is 24.2 Å². The van der Waals surface area contributed by atoms with E-state index in [-0.39, 0.29) is 6.03 Å². The molecule has 2 heterocycles. The summed E-state index contributed by atoms with van der Waals surface area (Å²) in [6.45, 7) is 8.20. The average molecular weight is 295 g/mol.